The van der Waals surface area contributed by atoms with Gasteiger partial charge in [0.1, 0.15) is 16.8 Å². The van der Waals surface area contributed by atoms with Gasteiger partial charge in [-0.25, -0.2) is 22.5 Å². The van der Waals surface area contributed by atoms with E-state index >= 15 is 0 Å². The third-order valence-electron chi connectivity index (χ3n) is 5.76. The molecule has 4 nitrogen and oxygen atoms in total. The van der Waals surface area contributed by atoms with Gasteiger partial charge in [-0.05, 0) is 49.3 Å². The minimum absolute atomic E-state index is 0.0665. The summed E-state index contributed by atoms with van der Waals surface area (Å²) in [7, 11) is 0. The Morgan fingerprint density at radius 1 is 1.15 bits per heavy atom. The van der Waals surface area contributed by atoms with Crippen LogP contribution in [0.15, 0.2) is 47.5 Å². The molecule has 0 fully saturated rings. The maximum atomic E-state index is 13.9. The van der Waals surface area contributed by atoms with E-state index in [0.29, 0.717) is 17.4 Å². The largest absolute Gasteiger partial charge is 0.320 e. The van der Waals surface area contributed by atoms with Gasteiger partial charge in [0, 0.05) is 11.8 Å². The summed E-state index contributed by atoms with van der Waals surface area (Å²) in [6.07, 6.45) is 2.33. The van der Waals surface area contributed by atoms with E-state index in [-0.39, 0.29) is 11.6 Å². The molecule has 174 valence electrons. The summed E-state index contributed by atoms with van der Waals surface area (Å²) in [4.78, 5) is 17.1. The number of nitrogens with one attached hydrogen (secondary N) is 1. The number of aromatic nitrogens is 1. The van der Waals surface area contributed by atoms with Gasteiger partial charge in [0.15, 0.2) is 23.3 Å². The number of fused-ring (bicyclic) bond motifs is 1. The highest BCUT2D eigenvalue weighted by molar-refractivity contribution is 8.00. The molecule has 2 aromatic carbocycles. The zero-order valence-corrected chi connectivity index (χ0v) is 18.9. The van der Waals surface area contributed by atoms with Gasteiger partial charge in [0.05, 0.1) is 10.8 Å². The van der Waals surface area contributed by atoms with Crippen LogP contribution in [0, 0.1) is 34.6 Å². The molecule has 0 saturated heterocycles. The van der Waals surface area contributed by atoms with E-state index in [4.69, 9.17) is 0 Å². The number of thioether (sulfide) groups is 1. The molecule has 0 saturated carbocycles. The van der Waals surface area contributed by atoms with Crippen LogP contribution in [0.1, 0.15) is 41.6 Å². The molecule has 0 spiro atoms. The first-order valence-corrected chi connectivity index (χ1v) is 11.4. The Kier molecular flexibility index (Phi) is 6.89. The van der Waals surface area contributed by atoms with Crippen LogP contribution in [0.3, 0.4) is 0 Å². The Balaban J connectivity index is 1.52. The number of anilines is 1. The highest BCUT2D eigenvalue weighted by Crippen LogP contribution is 2.35. The van der Waals surface area contributed by atoms with Crippen molar-refractivity contribution in [1.82, 2.24) is 4.98 Å². The van der Waals surface area contributed by atoms with Crippen LogP contribution in [-0.2, 0) is 17.6 Å². The second-order valence-electron chi connectivity index (χ2n) is 8.00. The number of aryl methyl sites for hydroxylation is 1. The maximum Gasteiger partial charge on any atom is 0.237 e. The van der Waals surface area contributed by atoms with E-state index in [9.17, 15) is 27.6 Å². The zero-order chi connectivity index (χ0) is 24.4. The quantitative estimate of drug-likeness (QED) is 0.278. The maximum absolute atomic E-state index is 13.9. The van der Waals surface area contributed by atoms with Crippen molar-refractivity contribution in [3.05, 3.63) is 88.1 Å². The molecular weight excluding hydrogens is 466 g/mol. The minimum Gasteiger partial charge on any atom is -0.320 e. The molecule has 0 bridgehead atoms. The highest BCUT2D eigenvalue weighted by Gasteiger charge is 2.27. The molecule has 2 atom stereocenters. The average Bonchev–Trinajstić information content (AvgIpc) is 2.85. The van der Waals surface area contributed by atoms with Gasteiger partial charge in [0.2, 0.25) is 5.91 Å². The second-order valence-corrected chi connectivity index (χ2v) is 9.33. The molecule has 1 amide bonds. The van der Waals surface area contributed by atoms with Gasteiger partial charge < -0.3 is 5.32 Å². The topological polar surface area (TPSA) is 65.8 Å². The first-order chi connectivity index (χ1) is 16.3. The second kappa shape index (κ2) is 9.85. The summed E-state index contributed by atoms with van der Waals surface area (Å²) < 4.78 is 54.7. The van der Waals surface area contributed by atoms with Crippen molar-refractivity contribution in [3.8, 4) is 6.07 Å². The van der Waals surface area contributed by atoms with Crippen LogP contribution >= 0.6 is 11.8 Å². The average molecular weight is 486 g/mol. The normalized spacial score (nSPS) is 15.8. The van der Waals surface area contributed by atoms with Crippen molar-refractivity contribution in [3.63, 3.8) is 0 Å². The number of carbonyl (C=O) groups is 1. The number of amides is 1. The molecule has 1 aliphatic carbocycles. The summed E-state index contributed by atoms with van der Waals surface area (Å²) in [5.74, 6) is -7.19. The predicted octanol–water partition coefficient (Wildman–Crippen LogP) is 5.90. The number of pyridine rings is 1. The molecule has 0 aliphatic heterocycles. The number of carbonyl (C=O) groups excluding carboxylic acids is 1. The van der Waals surface area contributed by atoms with Gasteiger partial charge in [-0.15, -0.1) is 0 Å². The molecule has 0 radical (unpaired) electrons. The summed E-state index contributed by atoms with van der Waals surface area (Å²) >= 11 is 0.934. The Hall–Kier alpha value is -3.38. The van der Waals surface area contributed by atoms with E-state index in [1.165, 1.54) is 12.5 Å². The predicted molar refractivity (Wildman–Crippen MR) is 120 cm³/mol. The lowest BCUT2D eigenvalue weighted by atomic mass is 9.82. The van der Waals surface area contributed by atoms with Gasteiger partial charge in [-0.2, -0.15) is 5.26 Å². The molecule has 1 heterocycles. The Bertz CT molecular complexity index is 1270. The summed E-state index contributed by atoms with van der Waals surface area (Å²) in [5.41, 5.74) is 2.12. The standard InChI is InChI=1S/C25H19F4N3OS/c1-13(24(33)32-23-21(28)18(26)11-19(27)22(23)29)34-25-17(12-30)10-16-9-15(7-8-20(16)31-25)14-5-3-2-4-6-14/h2-6,10-11,13,15H,7-9H2,1H3,(H,32,33). The van der Waals surface area contributed by atoms with Crippen molar-refractivity contribution in [2.75, 3.05) is 5.32 Å². The lowest BCUT2D eigenvalue weighted by Gasteiger charge is -2.25. The van der Waals surface area contributed by atoms with Crippen LogP contribution in [0.5, 0.6) is 0 Å². The fourth-order valence-corrected chi connectivity index (χ4v) is 4.85. The van der Waals surface area contributed by atoms with Crippen molar-refractivity contribution in [2.24, 2.45) is 0 Å². The van der Waals surface area contributed by atoms with Crippen LogP contribution in [0.2, 0.25) is 0 Å². The van der Waals surface area contributed by atoms with Crippen molar-refractivity contribution in [1.29, 1.82) is 5.26 Å². The van der Waals surface area contributed by atoms with E-state index in [2.05, 4.69) is 23.2 Å². The number of rotatable bonds is 5. The zero-order valence-electron chi connectivity index (χ0n) is 18.0. The first-order valence-electron chi connectivity index (χ1n) is 10.6. The van der Waals surface area contributed by atoms with Crippen molar-refractivity contribution in [2.45, 2.75) is 42.4 Å². The van der Waals surface area contributed by atoms with Gasteiger partial charge in [-0.3, -0.25) is 4.79 Å². The molecule has 2 unspecified atom stereocenters. The molecule has 1 aromatic heterocycles. The molecule has 1 N–H and O–H groups in total. The molecule has 9 heteroatoms. The Morgan fingerprint density at radius 2 is 1.82 bits per heavy atom. The molecule has 3 aromatic rings. The van der Waals surface area contributed by atoms with E-state index in [1.54, 1.807) is 6.07 Å². The number of hydrogen-bond acceptors (Lipinski definition) is 4. The SMILES string of the molecule is CC(Sc1nc2c(cc1C#N)CC(c1ccccc1)CC2)C(=O)Nc1c(F)c(F)cc(F)c1F. The Morgan fingerprint density at radius 3 is 2.47 bits per heavy atom. The smallest absolute Gasteiger partial charge is 0.237 e. The summed E-state index contributed by atoms with van der Waals surface area (Å²) in [6.45, 7) is 1.44. The van der Waals surface area contributed by atoms with Crippen LogP contribution < -0.4 is 5.32 Å². The number of nitrogens with zero attached hydrogens (tertiary/aromatic N) is 2. The third kappa shape index (κ3) is 4.77. The molecule has 1 aliphatic rings. The van der Waals surface area contributed by atoms with E-state index in [0.717, 1.165) is 35.9 Å². The van der Waals surface area contributed by atoms with Crippen molar-refractivity contribution < 1.29 is 22.4 Å². The highest BCUT2D eigenvalue weighted by atomic mass is 32.2. The van der Waals surface area contributed by atoms with Crippen LogP contribution in [-0.4, -0.2) is 16.1 Å². The lowest BCUT2D eigenvalue weighted by Crippen LogP contribution is -2.24. The fourth-order valence-electron chi connectivity index (χ4n) is 3.95. The van der Waals surface area contributed by atoms with Crippen molar-refractivity contribution >= 4 is 23.4 Å². The first kappa shape index (κ1) is 23.8. The number of hydrogen-bond donors (Lipinski definition) is 1. The fraction of sp³-hybridized carbons (Fsp3) is 0.240. The van der Waals surface area contributed by atoms with Crippen LogP contribution in [0.25, 0.3) is 0 Å². The number of nitriles is 1. The third-order valence-corrected chi connectivity index (χ3v) is 6.86. The Labute approximate surface area is 198 Å². The molecular formula is C25H19F4N3OS. The lowest BCUT2D eigenvalue weighted by molar-refractivity contribution is -0.115. The number of benzene rings is 2. The molecule has 4 rings (SSSR count). The van der Waals surface area contributed by atoms with Gasteiger partial charge in [0.25, 0.3) is 0 Å². The van der Waals surface area contributed by atoms with Crippen LogP contribution in [0.4, 0.5) is 23.2 Å². The van der Waals surface area contributed by atoms with E-state index < -0.39 is 40.1 Å². The van der Waals surface area contributed by atoms with Gasteiger partial charge >= 0.3 is 0 Å². The summed E-state index contributed by atoms with van der Waals surface area (Å²) in [5, 5.41) is 10.9. The summed E-state index contributed by atoms with van der Waals surface area (Å²) in [6, 6.07) is 14.0. The monoisotopic (exact) mass is 485 g/mol. The minimum atomic E-state index is -1.69. The number of halogens is 4. The van der Waals surface area contributed by atoms with Gasteiger partial charge in [-0.1, -0.05) is 42.1 Å². The molecule has 34 heavy (non-hydrogen) atoms. The van der Waals surface area contributed by atoms with E-state index in [1.807, 2.05) is 23.5 Å².